The smallest absolute Gasteiger partial charge is 0.301 e. The van der Waals surface area contributed by atoms with Crippen molar-refractivity contribution in [1.82, 2.24) is 10.2 Å². The lowest BCUT2D eigenvalue weighted by atomic mass is 9.95. The van der Waals surface area contributed by atoms with Gasteiger partial charge in [-0.15, -0.1) is 10.2 Å². The third kappa shape index (κ3) is 5.05. The number of methoxy groups -OCH3 is 1. The number of aliphatic hydroxyl groups excluding tert-OH is 1. The zero-order valence-corrected chi connectivity index (χ0v) is 22.8. The molecule has 1 amide bonds. The summed E-state index contributed by atoms with van der Waals surface area (Å²) in [6.45, 7) is 1.93. The molecule has 1 aliphatic heterocycles. The molecule has 5 rings (SSSR count). The zero-order valence-electron chi connectivity index (χ0n) is 20.4. The number of rotatable bonds is 7. The normalized spacial score (nSPS) is 16.7. The Hall–Kier alpha value is -3.66. The zero-order chi connectivity index (χ0) is 26.8. The summed E-state index contributed by atoms with van der Waals surface area (Å²) in [5.41, 5.74) is 2.97. The van der Waals surface area contributed by atoms with Crippen molar-refractivity contribution in [2.24, 2.45) is 0 Å². The van der Waals surface area contributed by atoms with Gasteiger partial charge in [-0.05, 0) is 36.2 Å². The van der Waals surface area contributed by atoms with Crippen LogP contribution in [0.25, 0.3) is 5.76 Å². The van der Waals surface area contributed by atoms with E-state index < -0.39 is 17.7 Å². The van der Waals surface area contributed by atoms with E-state index in [2.05, 4.69) is 10.2 Å². The molecule has 2 heterocycles. The number of nitrogens with zero attached hydrogens (tertiary/aromatic N) is 3. The minimum absolute atomic E-state index is 0.0208. The first-order valence-electron chi connectivity index (χ1n) is 11.6. The van der Waals surface area contributed by atoms with Gasteiger partial charge in [-0.1, -0.05) is 94.9 Å². The van der Waals surface area contributed by atoms with Crippen LogP contribution in [-0.4, -0.2) is 34.1 Å². The van der Waals surface area contributed by atoms with Gasteiger partial charge in [-0.2, -0.15) is 0 Å². The molecule has 1 N–H and O–H groups in total. The summed E-state index contributed by atoms with van der Waals surface area (Å²) in [5.74, 6) is -0.713. The Balaban J connectivity index is 1.56. The monoisotopic (exact) mass is 563 g/mol. The van der Waals surface area contributed by atoms with Gasteiger partial charge in [0.1, 0.15) is 11.5 Å². The lowest BCUT2D eigenvalue weighted by molar-refractivity contribution is -0.132. The van der Waals surface area contributed by atoms with E-state index in [1.807, 2.05) is 43.3 Å². The standard InChI is InChI=1S/C28H22ClN3O4S2/c1-16-10-12-17(13-11-16)24(33)22-23(18-7-5-8-20(14-18)36-2)32(26(35)25(22)34)27-30-31-28(38-27)37-15-19-6-3-4-9-21(19)29/h3-14,23,33H,15H2,1-2H3/b24-22-. The molecule has 1 saturated heterocycles. The molecule has 10 heteroatoms. The van der Waals surface area contributed by atoms with E-state index in [1.165, 1.54) is 35.1 Å². The molecule has 1 fully saturated rings. The highest BCUT2D eigenvalue weighted by Gasteiger charge is 2.48. The van der Waals surface area contributed by atoms with E-state index in [-0.39, 0.29) is 16.5 Å². The van der Waals surface area contributed by atoms with Crippen LogP contribution >= 0.6 is 34.7 Å². The summed E-state index contributed by atoms with van der Waals surface area (Å²) in [5, 5.41) is 20.7. The predicted octanol–water partition coefficient (Wildman–Crippen LogP) is 6.43. The number of aryl methyl sites for hydroxylation is 1. The highest BCUT2D eigenvalue weighted by Crippen LogP contribution is 2.44. The van der Waals surface area contributed by atoms with Crippen LogP contribution < -0.4 is 9.64 Å². The number of benzene rings is 3. The fourth-order valence-electron chi connectivity index (χ4n) is 4.14. The molecule has 1 aliphatic rings. The number of thioether (sulfide) groups is 1. The van der Waals surface area contributed by atoms with Crippen LogP contribution in [0.1, 0.15) is 28.3 Å². The summed E-state index contributed by atoms with van der Waals surface area (Å²) in [7, 11) is 1.54. The average molecular weight is 564 g/mol. The van der Waals surface area contributed by atoms with Gasteiger partial charge in [-0.3, -0.25) is 14.5 Å². The van der Waals surface area contributed by atoms with Crippen molar-refractivity contribution in [1.29, 1.82) is 0 Å². The molecular weight excluding hydrogens is 542 g/mol. The summed E-state index contributed by atoms with van der Waals surface area (Å²) >= 11 is 8.91. The second-order valence-electron chi connectivity index (χ2n) is 8.54. The molecule has 4 aromatic rings. The highest BCUT2D eigenvalue weighted by atomic mass is 35.5. The van der Waals surface area contributed by atoms with E-state index in [1.54, 1.807) is 36.4 Å². The second kappa shape index (κ2) is 11.0. The number of hydrogen-bond acceptors (Lipinski definition) is 8. The lowest BCUT2D eigenvalue weighted by Crippen LogP contribution is -2.29. The summed E-state index contributed by atoms with van der Waals surface area (Å²) in [4.78, 5) is 28.1. The first-order valence-corrected chi connectivity index (χ1v) is 13.8. The van der Waals surface area contributed by atoms with Gasteiger partial charge < -0.3 is 9.84 Å². The molecule has 1 aromatic heterocycles. The van der Waals surface area contributed by atoms with Crippen molar-refractivity contribution in [3.63, 3.8) is 0 Å². The summed E-state index contributed by atoms with van der Waals surface area (Å²) in [6, 6.07) is 20.8. The molecule has 0 radical (unpaired) electrons. The summed E-state index contributed by atoms with van der Waals surface area (Å²) < 4.78 is 6.00. The van der Waals surface area contributed by atoms with E-state index in [9.17, 15) is 14.7 Å². The minimum Gasteiger partial charge on any atom is -0.507 e. The van der Waals surface area contributed by atoms with Crippen molar-refractivity contribution in [3.05, 3.63) is 106 Å². The Labute approximate surface area is 232 Å². The van der Waals surface area contributed by atoms with E-state index in [0.717, 1.165) is 11.1 Å². The van der Waals surface area contributed by atoms with Gasteiger partial charge in [0, 0.05) is 16.3 Å². The molecule has 0 bridgehead atoms. The van der Waals surface area contributed by atoms with E-state index in [0.29, 0.717) is 32.0 Å². The summed E-state index contributed by atoms with van der Waals surface area (Å²) in [6.07, 6.45) is 0. The van der Waals surface area contributed by atoms with Crippen LogP contribution in [0.5, 0.6) is 5.75 Å². The number of carbonyl (C=O) groups excluding carboxylic acids is 2. The number of anilines is 1. The Kier molecular flexibility index (Phi) is 7.51. The maximum Gasteiger partial charge on any atom is 0.301 e. The molecule has 0 aliphatic carbocycles. The quantitative estimate of drug-likeness (QED) is 0.0910. The van der Waals surface area contributed by atoms with Crippen molar-refractivity contribution < 1.29 is 19.4 Å². The number of aliphatic hydroxyl groups is 1. The van der Waals surface area contributed by atoms with Gasteiger partial charge in [0.15, 0.2) is 4.34 Å². The average Bonchev–Trinajstić information content (AvgIpc) is 3.50. The predicted molar refractivity (Wildman–Crippen MR) is 150 cm³/mol. The van der Waals surface area contributed by atoms with E-state index >= 15 is 0 Å². The molecular formula is C28H22ClN3O4S2. The number of carbonyl (C=O) groups is 2. The maximum atomic E-state index is 13.4. The number of Topliss-reactive ketones (excluding diaryl/α,β-unsaturated/α-hetero) is 1. The van der Waals surface area contributed by atoms with Crippen LogP contribution in [0, 0.1) is 6.92 Å². The maximum absolute atomic E-state index is 13.4. The van der Waals surface area contributed by atoms with Gasteiger partial charge in [-0.25, -0.2) is 0 Å². The Morgan fingerprint density at radius 3 is 2.58 bits per heavy atom. The van der Waals surface area contributed by atoms with Crippen molar-refractivity contribution >= 4 is 57.3 Å². The molecule has 0 spiro atoms. The van der Waals surface area contributed by atoms with E-state index in [4.69, 9.17) is 16.3 Å². The van der Waals surface area contributed by atoms with Crippen LogP contribution in [-0.2, 0) is 15.3 Å². The number of aromatic nitrogens is 2. The third-order valence-corrected chi connectivity index (χ3v) is 8.56. The van der Waals surface area contributed by atoms with Crippen LogP contribution in [0.3, 0.4) is 0 Å². The number of hydrogen-bond donors (Lipinski definition) is 1. The van der Waals surface area contributed by atoms with Gasteiger partial charge in [0.05, 0.1) is 18.7 Å². The fraction of sp³-hybridized carbons (Fsp3) is 0.143. The Morgan fingerprint density at radius 2 is 1.84 bits per heavy atom. The Morgan fingerprint density at radius 1 is 1.08 bits per heavy atom. The van der Waals surface area contributed by atoms with Crippen LogP contribution in [0.2, 0.25) is 5.02 Å². The lowest BCUT2D eigenvalue weighted by Gasteiger charge is -2.23. The van der Waals surface area contributed by atoms with Crippen LogP contribution in [0.15, 0.2) is 82.7 Å². The number of halogens is 1. The minimum atomic E-state index is -0.916. The van der Waals surface area contributed by atoms with Crippen molar-refractivity contribution in [2.45, 2.75) is 23.1 Å². The molecule has 192 valence electrons. The van der Waals surface area contributed by atoms with Crippen molar-refractivity contribution in [2.75, 3.05) is 12.0 Å². The molecule has 1 atom stereocenters. The first kappa shape index (κ1) is 26.0. The number of amides is 1. The van der Waals surface area contributed by atoms with Gasteiger partial charge in [0.2, 0.25) is 5.13 Å². The van der Waals surface area contributed by atoms with Crippen molar-refractivity contribution in [3.8, 4) is 5.75 Å². The SMILES string of the molecule is COc1cccc(C2/C(=C(/O)c3ccc(C)cc3)C(=O)C(=O)N2c2nnc(SCc3ccccc3Cl)s2)c1. The van der Waals surface area contributed by atoms with Gasteiger partial charge >= 0.3 is 5.91 Å². The number of ketones is 1. The second-order valence-corrected chi connectivity index (χ2v) is 11.1. The first-order chi connectivity index (χ1) is 18.4. The largest absolute Gasteiger partial charge is 0.507 e. The molecule has 3 aromatic carbocycles. The topological polar surface area (TPSA) is 92.6 Å². The Bertz CT molecular complexity index is 1550. The molecule has 38 heavy (non-hydrogen) atoms. The van der Waals surface area contributed by atoms with Gasteiger partial charge in [0.25, 0.3) is 5.78 Å². The van der Waals surface area contributed by atoms with Crippen LogP contribution in [0.4, 0.5) is 5.13 Å². The third-order valence-electron chi connectivity index (χ3n) is 6.09. The molecule has 7 nitrogen and oxygen atoms in total. The molecule has 1 unspecified atom stereocenters. The number of ether oxygens (including phenoxy) is 1. The highest BCUT2D eigenvalue weighted by molar-refractivity contribution is 8.00. The fourth-order valence-corrected chi connectivity index (χ4v) is 6.29. The molecule has 0 saturated carbocycles.